The van der Waals surface area contributed by atoms with E-state index in [1.165, 1.54) is 0 Å². The summed E-state index contributed by atoms with van der Waals surface area (Å²) < 4.78 is 12.7. The molecule has 1 saturated heterocycles. The molecule has 2 aromatic rings. The van der Waals surface area contributed by atoms with E-state index < -0.39 is 0 Å². The molecule has 0 aliphatic carbocycles. The molecule has 1 aromatic heterocycles. The Morgan fingerprint density at radius 2 is 2.35 bits per heavy atom. The molecule has 2 amide bonds. The Morgan fingerprint density at radius 3 is 3.13 bits per heavy atom. The highest BCUT2D eigenvalue weighted by Crippen LogP contribution is 2.20. The zero-order valence-corrected chi connectivity index (χ0v) is 13.4. The molecule has 23 heavy (non-hydrogen) atoms. The standard InChI is InChI=1S/C17H23N3O3/c1-22-10-8-20-7-6-13-11-14(4-5-16(13)20)19-17(21)18-12-15-3-2-9-23-15/h4-7,11,15H,2-3,8-10,12H2,1H3,(H2,18,19,21)/t15-/m0/s1. The second kappa shape index (κ2) is 7.48. The van der Waals surface area contributed by atoms with Crippen molar-refractivity contribution in [3.63, 3.8) is 0 Å². The quantitative estimate of drug-likeness (QED) is 0.861. The number of hydrogen-bond acceptors (Lipinski definition) is 3. The van der Waals surface area contributed by atoms with Crippen LogP contribution in [-0.2, 0) is 16.0 Å². The Hall–Kier alpha value is -2.05. The van der Waals surface area contributed by atoms with Crippen LogP contribution in [0.2, 0.25) is 0 Å². The molecular weight excluding hydrogens is 294 g/mol. The van der Waals surface area contributed by atoms with Crippen LogP contribution < -0.4 is 10.6 Å². The largest absolute Gasteiger partial charge is 0.383 e. The maximum absolute atomic E-state index is 12.0. The highest BCUT2D eigenvalue weighted by Gasteiger charge is 2.16. The van der Waals surface area contributed by atoms with Crippen molar-refractivity contribution in [1.82, 2.24) is 9.88 Å². The summed E-state index contributed by atoms with van der Waals surface area (Å²) in [6.07, 6.45) is 4.27. The second-order valence-corrected chi connectivity index (χ2v) is 5.75. The number of amides is 2. The molecule has 1 aliphatic rings. The minimum atomic E-state index is -0.196. The smallest absolute Gasteiger partial charge is 0.319 e. The number of benzene rings is 1. The Bertz CT molecular complexity index is 662. The first-order valence-electron chi connectivity index (χ1n) is 8.00. The first-order valence-corrected chi connectivity index (χ1v) is 8.00. The summed E-state index contributed by atoms with van der Waals surface area (Å²) in [4.78, 5) is 12.0. The SMILES string of the molecule is COCCn1ccc2cc(NC(=O)NC[C@@H]3CCCO3)ccc21. The Labute approximate surface area is 135 Å². The molecule has 6 nitrogen and oxygen atoms in total. The van der Waals surface area contributed by atoms with E-state index in [0.29, 0.717) is 13.2 Å². The zero-order valence-electron chi connectivity index (χ0n) is 13.4. The molecule has 0 radical (unpaired) electrons. The van der Waals surface area contributed by atoms with Crippen LogP contribution in [0.1, 0.15) is 12.8 Å². The summed E-state index contributed by atoms with van der Waals surface area (Å²) in [6.45, 7) is 2.84. The molecule has 0 unspecified atom stereocenters. The number of ether oxygens (including phenoxy) is 2. The average molecular weight is 317 g/mol. The van der Waals surface area contributed by atoms with Gasteiger partial charge in [-0.1, -0.05) is 0 Å². The third kappa shape index (κ3) is 4.03. The molecular formula is C17H23N3O3. The van der Waals surface area contributed by atoms with Crippen molar-refractivity contribution in [2.24, 2.45) is 0 Å². The summed E-state index contributed by atoms with van der Waals surface area (Å²) in [5.41, 5.74) is 1.92. The van der Waals surface area contributed by atoms with Gasteiger partial charge in [0.25, 0.3) is 0 Å². The first-order chi connectivity index (χ1) is 11.3. The molecule has 1 atom stereocenters. The predicted molar refractivity (Wildman–Crippen MR) is 89.8 cm³/mol. The van der Waals surface area contributed by atoms with Crippen LogP contribution in [-0.4, -0.2) is 43.6 Å². The van der Waals surface area contributed by atoms with Gasteiger partial charge in [-0.25, -0.2) is 4.79 Å². The van der Waals surface area contributed by atoms with Crippen molar-refractivity contribution < 1.29 is 14.3 Å². The van der Waals surface area contributed by atoms with Crippen molar-refractivity contribution >= 4 is 22.6 Å². The molecule has 2 heterocycles. The van der Waals surface area contributed by atoms with E-state index in [9.17, 15) is 4.79 Å². The molecule has 1 aromatic carbocycles. The van der Waals surface area contributed by atoms with E-state index in [2.05, 4.69) is 15.2 Å². The van der Waals surface area contributed by atoms with Gasteiger partial charge in [0, 0.05) is 49.6 Å². The van der Waals surface area contributed by atoms with Crippen LogP contribution in [0.5, 0.6) is 0 Å². The van der Waals surface area contributed by atoms with Crippen molar-refractivity contribution in [2.45, 2.75) is 25.5 Å². The lowest BCUT2D eigenvalue weighted by Crippen LogP contribution is -2.35. The van der Waals surface area contributed by atoms with Crippen molar-refractivity contribution in [3.8, 4) is 0 Å². The molecule has 1 fully saturated rings. The van der Waals surface area contributed by atoms with E-state index in [-0.39, 0.29) is 12.1 Å². The number of methoxy groups -OCH3 is 1. The second-order valence-electron chi connectivity index (χ2n) is 5.75. The fourth-order valence-electron chi connectivity index (χ4n) is 2.85. The molecule has 124 valence electrons. The van der Waals surface area contributed by atoms with Gasteiger partial charge < -0.3 is 24.7 Å². The van der Waals surface area contributed by atoms with E-state index in [1.807, 2.05) is 30.5 Å². The van der Waals surface area contributed by atoms with E-state index in [0.717, 1.165) is 42.6 Å². The van der Waals surface area contributed by atoms with Gasteiger partial charge in [0.15, 0.2) is 0 Å². The topological polar surface area (TPSA) is 64.5 Å². The van der Waals surface area contributed by atoms with Crippen LogP contribution in [0.4, 0.5) is 10.5 Å². The summed E-state index contributed by atoms with van der Waals surface area (Å²) in [5.74, 6) is 0. The summed E-state index contributed by atoms with van der Waals surface area (Å²) in [5, 5.41) is 6.82. The zero-order chi connectivity index (χ0) is 16.1. The first kappa shape index (κ1) is 15.8. The lowest BCUT2D eigenvalue weighted by atomic mass is 10.2. The fraction of sp³-hybridized carbons (Fsp3) is 0.471. The average Bonchev–Trinajstić information content (AvgIpc) is 3.20. The van der Waals surface area contributed by atoms with Crippen molar-refractivity contribution in [3.05, 3.63) is 30.5 Å². The number of fused-ring (bicyclic) bond motifs is 1. The van der Waals surface area contributed by atoms with E-state index in [4.69, 9.17) is 9.47 Å². The number of carbonyl (C=O) groups excluding carboxylic acids is 1. The van der Waals surface area contributed by atoms with Crippen LogP contribution in [0.3, 0.4) is 0 Å². The van der Waals surface area contributed by atoms with Crippen molar-refractivity contribution in [1.29, 1.82) is 0 Å². The third-order valence-electron chi connectivity index (χ3n) is 4.08. The molecule has 1 aliphatic heterocycles. The normalized spacial score (nSPS) is 17.5. The van der Waals surface area contributed by atoms with Crippen LogP contribution >= 0.6 is 0 Å². The number of rotatable bonds is 6. The minimum absolute atomic E-state index is 0.151. The number of carbonyl (C=O) groups is 1. The van der Waals surface area contributed by atoms with Crippen LogP contribution in [0.15, 0.2) is 30.5 Å². The summed E-state index contributed by atoms with van der Waals surface area (Å²) in [7, 11) is 1.70. The monoisotopic (exact) mass is 317 g/mol. The Balaban J connectivity index is 1.58. The number of nitrogens with zero attached hydrogens (tertiary/aromatic N) is 1. The third-order valence-corrected chi connectivity index (χ3v) is 4.08. The minimum Gasteiger partial charge on any atom is -0.383 e. The highest BCUT2D eigenvalue weighted by atomic mass is 16.5. The molecule has 6 heteroatoms. The Morgan fingerprint density at radius 1 is 1.43 bits per heavy atom. The molecule has 0 spiro atoms. The van der Waals surface area contributed by atoms with Gasteiger partial charge in [-0.3, -0.25) is 0 Å². The van der Waals surface area contributed by atoms with Crippen LogP contribution in [0.25, 0.3) is 10.9 Å². The van der Waals surface area contributed by atoms with Crippen LogP contribution in [0, 0.1) is 0 Å². The van der Waals surface area contributed by atoms with Gasteiger partial charge in [0.1, 0.15) is 0 Å². The maximum atomic E-state index is 12.0. The molecule has 2 N–H and O–H groups in total. The summed E-state index contributed by atoms with van der Waals surface area (Å²) in [6, 6.07) is 7.75. The van der Waals surface area contributed by atoms with Gasteiger partial charge in [-0.15, -0.1) is 0 Å². The Kier molecular flexibility index (Phi) is 5.15. The summed E-state index contributed by atoms with van der Waals surface area (Å²) >= 11 is 0. The van der Waals surface area contributed by atoms with Crippen molar-refractivity contribution in [2.75, 3.05) is 32.2 Å². The van der Waals surface area contributed by atoms with Gasteiger partial charge >= 0.3 is 6.03 Å². The van der Waals surface area contributed by atoms with Gasteiger partial charge in [0.2, 0.25) is 0 Å². The number of nitrogens with one attached hydrogen (secondary N) is 2. The van der Waals surface area contributed by atoms with Gasteiger partial charge in [-0.05, 0) is 37.1 Å². The lowest BCUT2D eigenvalue weighted by molar-refractivity contribution is 0.112. The number of hydrogen-bond donors (Lipinski definition) is 2. The number of aromatic nitrogens is 1. The predicted octanol–water partition coefficient (Wildman–Crippen LogP) is 2.59. The maximum Gasteiger partial charge on any atom is 0.319 e. The molecule has 0 saturated carbocycles. The lowest BCUT2D eigenvalue weighted by Gasteiger charge is -2.12. The van der Waals surface area contributed by atoms with E-state index in [1.54, 1.807) is 7.11 Å². The van der Waals surface area contributed by atoms with E-state index >= 15 is 0 Å². The molecule has 3 rings (SSSR count). The molecule has 0 bridgehead atoms. The fourth-order valence-corrected chi connectivity index (χ4v) is 2.85. The number of anilines is 1. The van der Waals surface area contributed by atoms with Gasteiger partial charge in [0.05, 0.1) is 12.7 Å². The highest BCUT2D eigenvalue weighted by molar-refractivity contribution is 5.92. The van der Waals surface area contributed by atoms with Gasteiger partial charge in [-0.2, -0.15) is 0 Å². The number of urea groups is 1.